The highest BCUT2D eigenvalue weighted by atomic mass is 32.1. The van der Waals surface area contributed by atoms with Crippen LogP contribution in [0.15, 0.2) is 29.6 Å². The molecule has 17 heavy (non-hydrogen) atoms. The number of nitrogens with zero attached hydrogens (tertiary/aromatic N) is 2. The van der Waals surface area contributed by atoms with E-state index in [1.54, 1.807) is 5.38 Å². The molecule has 2 aromatic rings. The summed E-state index contributed by atoms with van der Waals surface area (Å²) in [6, 6.07) is 4.18. The van der Waals surface area contributed by atoms with Crippen molar-refractivity contribution in [3.63, 3.8) is 0 Å². The van der Waals surface area contributed by atoms with Gasteiger partial charge in [0.05, 0.1) is 17.3 Å². The maximum atomic E-state index is 12.3. The lowest BCUT2D eigenvalue weighted by Gasteiger charge is -2.11. The Morgan fingerprint density at radius 1 is 1.18 bits per heavy atom. The molecule has 0 saturated heterocycles. The second kappa shape index (κ2) is 4.42. The average molecular weight is 259 g/mol. The van der Waals surface area contributed by atoms with Gasteiger partial charge < -0.3 is 5.73 Å². The molecule has 3 nitrogen and oxygen atoms in total. The van der Waals surface area contributed by atoms with Crippen LogP contribution < -0.4 is 5.73 Å². The number of benzene rings is 1. The van der Waals surface area contributed by atoms with E-state index in [0.29, 0.717) is 11.3 Å². The third-order valence-electron chi connectivity index (χ3n) is 2.29. The van der Waals surface area contributed by atoms with Gasteiger partial charge in [-0.1, -0.05) is 16.6 Å². The second-order valence-electron chi connectivity index (χ2n) is 3.43. The first-order valence-corrected chi connectivity index (χ1v) is 5.52. The molecule has 0 fully saturated rings. The number of aromatic nitrogens is 2. The van der Waals surface area contributed by atoms with Gasteiger partial charge in [-0.15, -0.1) is 5.10 Å². The Labute approximate surface area is 99.2 Å². The molecule has 0 aliphatic rings. The van der Waals surface area contributed by atoms with E-state index in [1.165, 1.54) is 12.1 Å². The number of halogens is 3. The van der Waals surface area contributed by atoms with Gasteiger partial charge in [-0.2, -0.15) is 13.2 Å². The first-order chi connectivity index (χ1) is 7.98. The topological polar surface area (TPSA) is 51.8 Å². The van der Waals surface area contributed by atoms with Gasteiger partial charge in [0.2, 0.25) is 0 Å². The number of nitrogens with two attached hydrogens (primary N) is 1. The number of rotatable bonds is 2. The zero-order valence-electron chi connectivity index (χ0n) is 8.48. The fourth-order valence-electron chi connectivity index (χ4n) is 1.36. The van der Waals surface area contributed by atoms with E-state index >= 15 is 0 Å². The minimum Gasteiger partial charge on any atom is -0.319 e. The van der Waals surface area contributed by atoms with Crippen LogP contribution in [0.5, 0.6) is 0 Å². The van der Waals surface area contributed by atoms with Gasteiger partial charge in [-0.25, -0.2) is 0 Å². The van der Waals surface area contributed by atoms with E-state index in [1.807, 2.05) is 0 Å². The first-order valence-electron chi connectivity index (χ1n) is 4.68. The van der Waals surface area contributed by atoms with Crippen LogP contribution in [0.4, 0.5) is 13.2 Å². The maximum absolute atomic E-state index is 12.3. The zero-order valence-corrected chi connectivity index (χ0v) is 9.29. The highest BCUT2D eigenvalue weighted by molar-refractivity contribution is 7.03. The van der Waals surface area contributed by atoms with Crippen LogP contribution >= 0.6 is 11.5 Å². The Kier molecular flexibility index (Phi) is 3.12. The third-order valence-corrected chi connectivity index (χ3v) is 2.82. The summed E-state index contributed by atoms with van der Waals surface area (Å²) in [5, 5.41) is 5.45. The molecule has 1 aromatic carbocycles. The molecule has 1 unspecified atom stereocenters. The number of alkyl halides is 3. The van der Waals surface area contributed by atoms with Gasteiger partial charge in [0.1, 0.15) is 0 Å². The molecule has 0 saturated carbocycles. The maximum Gasteiger partial charge on any atom is 0.416 e. The largest absolute Gasteiger partial charge is 0.416 e. The van der Waals surface area contributed by atoms with Crippen LogP contribution in [0.3, 0.4) is 0 Å². The molecule has 7 heteroatoms. The van der Waals surface area contributed by atoms with Crippen molar-refractivity contribution in [3.8, 4) is 0 Å². The van der Waals surface area contributed by atoms with Crippen LogP contribution in [-0.4, -0.2) is 9.59 Å². The summed E-state index contributed by atoms with van der Waals surface area (Å²) in [5.74, 6) is 0. The standard InChI is InChI=1S/C10H8F3N3S/c11-10(12,13)7-3-1-6(2-4-7)9(14)8-5-17-16-15-8/h1-5,9H,14H2. The average Bonchev–Trinajstić information content (AvgIpc) is 2.80. The lowest BCUT2D eigenvalue weighted by atomic mass is 10.0. The Balaban J connectivity index is 2.24. The van der Waals surface area contributed by atoms with E-state index < -0.39 is 17.8 Å². The van der Waals surface area contributed by atoms with E-state index in [9.17, 15) is 13.2 Å². The SMILES string of the molecule is NC(c1ccc(C(F)(F)F)cc1)c1csnn1. The normalized spacial score (nSPS) is 13.6. The molecule has 0 spiro atoms. The molecule has 2 rings (SSSR count). The Morgan fingerprint density at radius 2 is 1.82 bits per heavy atom. The molecule has 0 amide bonds. The second-order valence-corrected chi connectivity index (χ2v) is 4.04. The van der Waals surface area contributed by atoms with Crippen molar-refractivity contribution in [1.29, 1.82) is 0 Å². The molecule has 2 N–H and O–H groups in total. The summed E-state index contributed by atoms with van der Waals surface area (Å²) in [5.41, 5.74) is 6.28. The fraction of sp³-hybridized carbons (Fsp3) is 0.200. The third kappa shape index (κ3) is 2.62. The van der Waals surface area contributed by atoms with Crippen molar-refractivity contribution in [1.82, 2.24) is 9.59 Å². The van der Waals surface area contributed by atoms with Gasteiger partial charge in [0, 0.05) is 5.38 Å². The molecule has 1 heterocycles. The first kappa shape index (κ1) is 12.0. The van der Waals surface area contributed by atoms with Crippen LogP contribution in [0, 0.1) is 0 Å². The molecule has 1 aromatic heterocycles. The Hall–Kier alpha value is -1.47. The predicted molar refractivity (Wildman–Crippen MR) is 57.4 cm³/mol. The fourth-order valence-corrected chi connectivity index (χ4v) is 1.85. The van der Waals surface area contributed by atoms with Crippen molar-refractivity contribution >= 4 is 11.5 Å². The van der Waals surface area contributed by atoms with Crippen LogP contribution in [0.1, 0.15) is 22.9 Å². The molecule has 90 valence electrons. The highest BCUT2D eigenvalue weighted by Crippen LogP contribution is 2.30. The molecule has 0 aliphatic carbocycles. The van der Waals surface area contributed by atoms with Crippen molar-refractivity contribution in [3.05, 3.63) is 46.5 Å². The smallest absolute Gasteiger partial charge is 0.319 e. The summed E-state index contributed by atoms with van der Waals surface area (Å²) >= 11 is 1.15. The molecular weight excluding hydrogens is 251 g/mol. The molecular formula is C10H8F3N3S. The highest BCUT2D eigenvalue weighted by Gasteiger charge is 2.30. The minimum atomic E-state index is -4.33. The number of hydrogen-bond donors (Lipinski definition) is 1. The van der Waals surface area contributed by atoms with Gasteiger partial charge in [0.15, 0.2) is 0 Å². The van der Waals surface area contributed by atoms with Gasteiger partial charge in [-0.05, 0) is 29.2 Å². The van der Waals surface area contributed by atoms with Crippen LogP contribution in [0.2, 0.25) is 0 Å². The van der Waals surface area contributed by atoms with E-state index in [0.717, 1.165) is 23.7 Å². The van der Waals surface area contributed by atoms with Crippen molar-refractivity contribution < 1.29 is 13.2 Å². The molecule has 0 aliphatic heterocycles. The molecule has 0 bridgehead atoms. The zero-order chi connectivity index (χ0) is 12.5. The molecule has 1 atom stereocenters. The predicted octanol–water partition coefficient (Wildman–Crippen LogP) is 2.61. The van der Waals surface area contributed by atoms with E-state index in [2.05, 4.69) is 9.59 Å². The van der Waals surface area contributed by atoms with Crippen molar-refractivity contribution in [2.24, 2.45) is 5.73 Å². The monoisotopic (exact) mass is 259 g/mol. The van der Waals surface area contributed by atoms with Crippen LogP contribution in [-0.2, 0) is 6.18 Å². The summed E-state index contributed by atoms with van der Waals surface area (Å²) in [7, 11) is 0. The summed E-state index contributed by atoms with van der Waals surface area (Å²) in [6.45, 7) is 0. The molecule has 0 radical (unpaired) electrons. The van der Waals surface area contributed by atoms with Gasteiger partial charge in [0.25, 0.3) is 0 Å². The lowest BCUT2D eigenvalue weighted by molar-refractivity contribution is -0.137. The summed E-state index contributed by atoms with van der Waals surface area (Å²) in [6.07, 6.45) is -4.33. The van der Waals surface area contributed by atoms with E-state index in [4.69, 9.17) is 5.73 Å². The summed E-state index contributed by atoms with van der Waals surface area (Å²) < 4.78 is 40.7. The Morgan fingerprint density at radius 3 is 2.29 bits per heavy atom. The van der Waals surface area contributed by atoms with Crippen LogP contribution in [0.25, 0.3) is 0 Å². The summed E-state index contributed by atoms with van der Waals surface area (Å²) in [4.78, 5) is 0. The lowest BCUT2D eigenvalue weighted by Crippen LogP contribution is -2.13. The quantitative estimate of drug-likeness (QED) is 0.901. The van der Waals surface area contributed by atoms with Gasteiger partial charge in [-0.3, -0.25) is 0 Å². The van der Waals surface area contributed by atoms with Crippen molar-refractivity contribution in [2.45, 2.75) is 12.2 Å². The number of hydrogen-bond acceptors (Lipinski definition) is 4. The Bertz CT molecular complexity index is 478. The van der Waals surface area contributed by atoms with Gasteiger partial charge >= 0.3 is 6.18 Å². The van der Waals surface area contributed by atoms with E-state index in [-0.39, 0.29) is 0 Å². The van der Waals surface area contributed by atoms with Crippen molar-refractivity contribution in [2.75, 3.05) is 0 Å². The minimum absolute atomic E-state index is 0.545.